The zero-order chi connectivity index (χ0) is 9.10. The van der Waals surface area contributed by atoms with Gasteiger partial charge in [0, 0.05) is 36.6 Å². The molecule has 0 spiro atoms. The molecular weight excluding hydrogens is 182 g/mol. The van der Waals surface area contributed by atoms with Crippen LogP contribution < -0.4 is 11.1 Å². The van der Waals surface area contributed by atoms with Gasteiger partial charge in [-0.15, -0.1) is 11.3 Å². The molecule has 0 amide bonds. The van der Waals surface area contributed by atoms with Crippen LogP contribution in [-0.4, -0.2) is 18.1 Å². The Balaban J connectivity index is 1.82. The maximum absolute atomic E-state index is 5.38. The molecule has 0 aromatic carbocycles. The summed E-state index contributed by atoms with van der Waals surface area (Å²) in [4.78, 5) is 5.73. The van der Waals surface area contributed by atoms with E-state index in [1.54, 1.807) is 0 Å². The number of thiazole rings is 1. The highest BCUT2D eigenvalue weighted by atomic mass is 32.1. The van der Waals surface area contributed by atoms with E-state index in [4.69, 9.17) is 5.73 Å². The maximum atomic E-state index is 5.38. The van der Waals surface area contributed by atoms with E-state index in [0.29, 0.717) is 6.54 Å². The Morgan fingerprint density at radius 1 is 1.62 bits per heavy atom. The van der Waals surface area contributed by atoms with Gasteiger partial charge in [0.25, 0.3) is 0 Å². The monoisotopic (exact) mass is 197 g/mol. The molecule has 2 rings (SSSR count). The van der Waals surface area contributed by atoms with Crippen molar-refractivity contribution in [1.29, 1.82) is 0 Å². The average Bonchev–Trinajstić information content (AvgIpc) is 2.88. The average molecular weight is 197 g/mol. The van der Waals surface area contributed by atoms with Crippen LogP contribution >= 0.6 is 11.3 Å². The van der Waals surface area contributed by atoms with Crippen LogP contribution in [0.5, 0.6) is 0 Å². The van der Waals surface area contributed by atoms with E-state index in [0.717, 1.165) is 19.0 Å². The fraction of sp³-hybridized carbons (Fsp3) is 0.667. The Bertz CT molecular complexity index is 268. The Kier molecular flexibility index (Phi) is 2.93. The standard InChI is InChI=1S/C9H15N3S/c10-3-4-11-5-8-6-12-9(13-8)7-1-2-7/h6-7,11H,1-5,10H2. The minimum Gasteiger partial charge on any atom is -0.329 e. The predicted molar refractivity (Wildman–Crippen MR) is 54.9 cm³/mol. The van der Waals surface area contributed by atoms with Gasteiger partial charge in [0.1, 0.15) is 0 Å². The fourth-order valence-electron chi connectivity index (χ4n) is 1.24. The molecule has 0 aliphatic heterocycles. The summed E-state index contributed by atoms with van der Waals surface area (Å²) in [6.07, 6.45) is 4.66. The summed E-state index contributed by atoms with van der Waals surface area (Å²) in [5.41, 5.74) is 5.38. The number of nitrogens with two attached hydrogens (primary N) is 1. The summed E-state index contributed by atoms with van der Waals surface area (Å²) < 4.78 is 0. The lowest BCUT2D eigenvalue weighted by Gasteiger charge is -1.97. The first-order valence-corrected chi connectivity index (χ1v) is 5.57. The molecular formula is C9H15N3S. The molecule has 0 unspecified atom stereocenters. The molecule has 0 atom stereocenters. The number of hydrogen-bond donors (Lipinski definition) is 2. The second-order valence-corrected chi connectivity index (χ2v) is 4.55. The zero-order valence-corrected chi connectivity index (χ0v) is 8.44. The van der Waals surface area contributed by atoms with Crippen molar-refractivity contribution in [1.82, 2.24) is 10.3 Å². The van der Waals surface area contributed by atoms with E-state index in [1.807, 2.05) is 17.5 Å². The number of nitrogens with one attached hydrogen (secondary N) is 1. The van der Waals surface area contributed by atoms with E-state index in [2.05, 4.69) is 10.3 Å². The highest BCUT2D eigenvalue weighted by Gasteiger charge is 2.26. The SMILES string of the molecule is NCCNCc1cnc(C2CC2)s1. The number of aromatic nitrogens is 1. The first-order chi connectivity index (χ1) is 6.40. The van der Waals surface area contributed by atoms with Gasteiger partial charge in [0.15, 0.2) is 0 Å². The van der Waals surface area contributed by atoms with Crippen LogP contribution in [0.2, 0.25) is 0 Å². The first kappa shape index (κ1) is 9.12. The van der Waals surface area contributed by atoms with Crippen LogP contribution in [-0.2, 0) is 6.54 Å². The van der Waals surface area contributed by atoms with Crippen molar-refractivity contribution in [3.63, 3.8) is 0 Å². The van der Waals surface area contributed by atoms with Gasteiger partial charge in [0.2, 0.25) is 0 Å². The van der Waals surface area contributed by atoms with Gasteiger partial charge in [-0.3, -0.25) is 0 Å². The Morgan fingerprint density at radius 2 is 2.46 bits per heavy atom. The van der Waals surface area contributed by atoms with Crippen molar-refractivity contribution >= 4 is 11.3 Å². The molecule has 0 saturated heterocycles. The molecule has 1 heterocycles. The fourth-order valence-corrected chi connectivity index (χ4v) is 2.29. The Morgan fingerprint density at radius 3 is 3.15 bits per heavy atom. The second-order valence-electron chi connectivity index (χ2n) is 3.40. The summed E-state index contributed by atoms with van der Waals surface area (Å²) in [6.45, 7) is 2.51. The molecule has 1 aliphatic carbocycles. The van der Waals surface area contributed by atoms with Crippen LogP contribution in [0.3, 0.4) is 0 Å². The van der Waals surface area contributed by atoms with Gasteiger partial charge in [-0.05, 0) is 12.8 Å². The van der Waals surface area contributed by atoms with Crippen molar-refractivity contribution in [2.45, 2.75) is 25.3 Å². The van der Waals surface area contributed by atoms with Crippen molar-refractivity contribution in [2.75, 3.05) is 13.1 Å². The lowest BCUT2D eigenvalue weighted by Crippen LogP contribution is -2.21. The van der Waals surface area contributed by atoms with E-state index in [9.17, 15) is 0 Å². The van der Waals surface area contributed by atoms with Gasteiger partial charge < -0.3 is 11.1 Å². The first-order valence-electron chi connectivity index (χ1n) is 4.75. The van der Waals surface area contributed by atoms with E-state index in [1.165, 1.54) is 22.7 Å². The number of rotatable bonds is 5. The van der Waals surface area contributed by atoms with Crippen LogP contribution in [0.4, 0.5) is 0 Å². The lowest BCUT2D eigenvalue weighted by atomic mass is 10.4. The van der Waals surface area contributed by atoms with Gasteiger partial charge in [-0.2, -0.15) is 0 Å². The Labute approximate surface area is 82.4 Å². The topological polar surface area (TPSA) is 50.9 Å². The smallest absolute Gasteiger partial charge is 0.0959 e. The molecule has 4 heteroatoms. The third-order valence-corrected chi connectivity index (χ3v) is 3.28. The van der Waals surface area contributed by atoms with Crippen molar-refractivity contribution in [3.8, 4) is 0 Å². The summed E-state index contributed by atoms with van der Waals surface area (Å²) in [5, 5.41) is 4.59. The molecule has 0 radical (unpaired) electrons. The minimum atomic E-state index is 0.703. The molecule has 72 valence electrons. The van der Waals surface area contributed by atoms with Crippen molar-refractivity contribution < 1.29 is 0 Å². The molecule has 1 aromatic heterocycles. The molecule has 13 heavy (non-hydrogen) atoms. The number of nitrogens with zero attached hydrogens (tertiary/aromatic N) is 1. The third kappa shape index (κ3) is 2.49. The largest absolute Gasteiger partial charge is 0.329 e. The number of hydrogen-bond acceptors (Lipinski definition) is 4. The second kappa shape index (κ2) is 4.17. The van der Waals surface area contributed by atoms with Crippen molar-refractivity contribution in [3.05, 3.63) is 16.1 Å². The van der Waals surface area contributed by atoms with Gasteiger partial charge in [0.05, 0.1) is 5.01 Å². The van der Waals surface area contributed by atoms with Gasteiger partial charge in [-0.1, -0.05) is 0 Å². The highest BCUT2D eigenvalue weighted by molar-refractivity contribution is 7.11. The van der Waals surface area contributed by atoms with E-state index < -0.39 is 0 Å². The molecule has 1 fully saturated rings. The van der Waals surface area contributed by atoms with Gasteiger partial charge in [-0.25, -0.2) is 4.98 Å². The van der Waals surface area contributed by atoms with E-state index in [-0.39, 0.29) is 0 Å². The third-order valence-electron chi connectivity index (χ3n) is 2.12. The predicted octanol–water partition coefficient (Wildman–Crippen LogP) is 1.07. The highest BCUT2D eigenvalue weighted by Crippen LogP contribution is 2.41. The van der Waals surface area contributed by atoms with Crippen LogP contribution in [0, 0.1) is 0 Å². The minimum absolute atomic E-state index is 0.703. The van der Waals surface area contributed by atoms with Crippen molar-refractivity contribution in [2.24, 2.45) is 5.73 Å². The summed E-state index contributed by atoms with van der Waals surface area (Å²) in [6, 6.07) is 0. The zero-order valence-electron chi connectivity index (χ0n) is 7.62. The normalized spacial score (nSPS) is 16.4. The maximum Gasteiger partial charge on any atom is 0.0959 e. The quantitative estimate of drug-likeness (QED) is 0.694. The van der Waals surface area contributed by atoms with Crippen LogP contribution in [0.25, 0.3) is 0 Å². The molecule has 3 N–H and O–H groups in total. The molecule has 1 aliphatic rings. The van der Waals surface area contributed by atoms with Gasteiger partial charge >= 0.3 is 0 Å². The van der Waals surface area contributed by atoms with Crippen LogP contribution in [0.1, 0.15) is 28.6 Å². The molecule has 1 saturated carbocycles. The molecule has 1 aromatic rings. The molecule has 3 nitrogen and oxygen atoms in total. The summed E-state index contributed by atoms with van der Waals surface area (Å²) >= 11 is 1.84. The lowest BCUT2D eigenvalue weighted by molar-refractivity contribution is 0.701. The summed E-state index contributed by atoms with van der Waals surface area (Å²) in [7, 11) is 0. The molecule has 0 bridgehead atoms. The summed E-state index contributed by atoms with van der Waals surface area (Å²) in [5.74, 6) is 0.785. The van der Waals surface area contributed by atoms with Crippen LogP contribution in [0.15, 0.2) is 6.20 Å². The Hall–Kier alpha value is -0.450. The van der Waals surface area contributed by atoms with E-state index >= 15 is 0 Å².